The van der Waals surface area contributed by atoms with Crippen LogP contribution in [-0.4, -0.2) is 58.2 Å². The van der Waals surface area contributed by atoms with Crippen molar-refractivity contribution in [1.29, 1.82) is 0 Å². The average molecular weight is 574 g/mol. The molecule has 1 atom stereocenters. The second kappa shape index (κ2) is 11.8. The lowest BCUT2D eigenvalue weighted by Crippen LogP contribution is -2.37. The SMILES string of the molecule is COc1c(F)cc(F)cc1-c1c[nH]c2ncc(-c3ccc(C(C)N4CCOCC4)s3)cc12.c1cnc2[nH]ccc2c1. The van der Waals surface area contributed by atoms with Gasteiger partial charge in [-0.1, -0.05) is 0 Å². The zero-order valence-corrected chi connectivity index (χ0v) is 23.5. The summed E-state index contributed by atoms with van der Waals surface area (Å²) in [5.41, 5.74) is 3.55. The van der Waals surface area contributed by atoms with E-state index in [-0.39, 0.29) is 5.75 Å². The number of ether oxygens (including phenoxy) is 2. The number of rotatable bonds is 5. The van der Waals surface area contributed by atoms with Crippen molar-refractivity contribution in [2.75, 3.05) is 33.4 Å². The Morgan fingerprint density at radius 3 is 2.66 bits per heavy atom. The fourth-order valence-corrected chi connectivity index (χ4v) is 6.16. The number of benzene rings is 1. The fraction of sp³-hybridized carbons (Fsp3) is 0.226. The number of nitrogens with one attached hydrogen (secondary N) is 2. The number of pyridine rings is 2. The van der Waals surface area contributed by atoms with E-state index in [1.165, 1.54) is 18.1 Å². The Hall–Kier alpha value is -4.12. The van der Waals surface area contributed by atoms with Crippen molar-refractivity contribution in [3.63, 3.8) is 0 Å². The van der Waals surface area contributed by atoms with Crippen molar-refractivity contribution in [2.24, 2.45) is 0 Å². The second-order valence-electron chi connectivity index (χ2n) is 9.74. The van der Waals surface area contributed by atoms with Crippen LogP contribution in [0.3, 0.4) is 0 Å². The predicted octanol–water partition coefficient (Wildman–Crippen LogP) is 7.20. The van der Waals surface area contributed by atoms with Crippen LogP contribution < -0.4 is 4.74 Å². The van der Waals surface area contributed by atoms with E-state index in [0.29, 0.717) is 22.8 Å². The van der Waals surface area contributed by atoms with E-state index >= 15 is 0 Å². The number of aromatic amines is 2. The summed E-state index contributed by atoms with van der Waals surface area (Å²) >= 11 is 1.74. The monoisotopic (exact) mass is 573 g/mol. The highest BCUT2D eigenvalue weighted by atomic mass is 32.1. The molecular weight excluding hydrogens is 544 g/mol. The molecule has 0 amide bonds. The maximum Gasteiger partial charge on any atom is 0.168 e. The van der Waals surface area contributed by atoms with Gasteiger partial charge in [0.1, 0.15) is 17.1 Å². The summed E-state index contributed by atoms with van der Waals surface area (Å²) in [5.74, 6) is -1.38. The topological polar surface area (TPSA) is 79.1 Å². The standard InChI is InChI=1S/C24H23F2N3O2S.C7H6N2/c1-14(29-5-7-31-8-6-29)21-3-4-22(32-21)15-9-18-19(13-28-24(18)27-12-15)17-10-16(25)11-20(26)23(17)30-2;1-2-6-3-5-9-7(6)8-4-1/h3-4,9-14H,5-8H2,1-2H3,(H,27,28);1-5H,(H,8,9). The maximum absolute atomic E-state index is 14.3. The van der Waals surface area contributed by atoms with E-state index < -0.39 is 11.6 Å². The largest absolute Gasteiger partial charge is 0.493 e. The predicted molar refractivity (Wildman–Crippen MR) is 158 cm³/mol. The summed E-state index contributed by atoms with van der Waals surface area (Å²) in [7, 11) is 1.38. The lowest BCUT2D eigenvalue weighted by atomic mass is 10.0. The second-order valence-corrected chi connectivity index (χ2v) is 10.9. The van der Waals surface area contributed by atoms with Gasteiger partial charge < -0.3 is 19.4 Å². The molecule has 7 rings (SSSR count). The lowest BCUT2D eigenvalue weighted by molar-refractivity contribution is 0.0205. The molecule has 0 spiro atoms. The first-order valence-corrected chi connectivity index (χ1v) is 14.1. The molecule has 0 bridgehead atoms. The van der Waals surface area contributed by atoms with Gasteiger partial charge in [-0.2, -0.15) is 0 Å². The summed E-state index contributed by atoms with van der Waals surface area (Å²) in [4.78, 5) is 19.5. The van der Waals surface area contributed by atoms with Crippen molar-refractivity contribution in [2.45, 2.75) is 13.0 Å². The van der Waals surface area contributed by atoms with Crippen LogP contribution in [0.2, 0.25) is 0 Å². The van der Waals surface area contributed by atoms with Crippen LogP contribution in [0.5, 0.6) is 5.75 Å². The first-order valence-electron chi connectivity index (χ1n) is 13.3. The molecule has 1 aromatic carbocycles. The average Bonchev–Trinajstić information content (AvgIpc) is 3.77. The molecule has 10 heteroatoms. The molecular formula is C31H29F2N5O2S. The van der Waals surface area contributed by atoms with Gasteiger partial charge in [-0.25, -0.2) is 18.7 Å². The van der Waals surface area contributed by atoms with E-state index in [0.717, 1.165) is 59.2 Å². The van der Waals surface area contributed by atoms with Crippen molar-refractivity contribution >= 4 is 33.4 Å². The fourth-order valence-electron chi connectivity index (χ4n) is 5.09. The number of halogens is 2. The van der Waals surface area contributed by atoms with Gasteiger partial charge in [0.25, 0.3) is 0 Å². The van der Waals surface area contributed by atoms with Crippen molar-refractivity contribution < 1.29 is 18.3 Å². The molecule has 1 aliphatic rings. The third kappa shape index (κ3) is 5.58. The first-order chi connectivity index (χ1) is 20.0. The number of methoxy groups -OCH3 is 1. The van der Waals surface area contributed by atoms with Crippen LogP contribution >= 0.6 is 11.3 Å². The van der Waals surface area contributed by atoms with Gasteiger partial charge >= 0.3 is 0 Å². The highest BCUT2D eigenvalue weighted by molar-refractivity contribution is 7.15. The zero-order chi connectivity index (χ0) is 28.3. The van der Waals surface area contributed by atoms with E-state index in [9.17, 15) is 8.78 Å². The molecule has 1 fully saturated rings. The summed E-state index contributed by atoms with van der Waals surface area (Å²) in [5, 5.41) is 1.94. The molecule has 0 saturated carbocycles. The molecule has 41 heavy (non-hydrogen) atoms. The molecule has 6 aromatic rings. The molecule has 1 unspecified atom stereocenters. The quantitative estimate of drug-likeness (QED) is 0.228. The van der Waals surface area contributed by atoms with Gasteiger partial charge in [0, 0.05) is 87.2 Å². The molecule has 7 nitrogen and oxygen atoms in total. The Morgan fingerprint density at radius 1 is 1.00 bits per heavy atom. The third-order valence-corrected chi connectivity index (χ3v) is 8.58. The number of thiophene rings is 1. The van der Waals surface area contributed by atoms with Crippen LogP contribution in [0, 0.1) is 11.6 Å². The number of aromatic nitrogens is 4. The Bertz CT molecular complexity index is 1760. The first kappa shape index (κ1) is 27.1. The van der Waals surface area contributed by atoms with Crippen LogP contribution in [0.15, 0.2) is 73.3 Å². The highest BCUT2D eigenvalue weighted by Gasteiger charge is 2.21. The summed E-state index contributed by atoms with van der Waals surface area (Å²) in [6.07, 6.45) is 7.19. The number of morpholine rings is 1. The zero-order valence-electron chi connectivity index (χ0n) is 22.7. The smallest absolute Gasteiger partial charge is 0.168 e. The van der Waals surface area contributed by atoms with Crippen LogP contribution in [-0.2, 0) is 4.74 Å². The summed E-state index contributed by atoms with van der Waals surface area (Å²) in [6.45, 7) is 5.62. The molecule has 1 aliphatic heterocycles. The molecule has 0 aliphatic carbocycles. The van der Waals surface area contributed by atoms with Crippen molar-refractivity contribution in [1.82, 2.24) is 24.8 Å². The molecule has 5 aromatic heterocycles. The number of hydrogen-bond donors (Lipinski definition) is 2. The molecule has 0 radical (unpaired) electrons. The van der Waals surface area contributed by atoms with Crippen LogP contribution in [0.4, 0.5) is 8.78 Å². The highest BCUT2D eigenvalue weighted by Crippen LogP contribution is 2.39. The van der Waals surface area contributed by atoms with Gasteiger partial charge in [0.05, 0.1) is 20.3 Å². The molecule has 6 heterocycles. The van der Waals surface area contributed by atoms with Crippen LogP contribution in [0.25, 0.3) is 43.6 Å². The number of hydrogen-bond acceptors (Lipinski definition) is 6. The van der Waals surface area contributed by atoms with E-state index in [2.05, 4.69) is 43.9 Å². The number of nitrogens with zero attached hydrogens (tertiary/aromatic N) is 3. The molecule has 1 saturated heterocycles. The van der Waals surface area contributed by atoms with Gasteiger partial charge in [-0.05, 0) is 49.4 Å². The number of fused-ring (bicyclic) bond motifs is 2. The van der Waals surface area contributed by atoms with E-state index in [1.807, 2.05) is 36.7 Å². The van der Waals surface area contributed by atoms with E-state index in [4.69, 9.17) is 9.47 Å². The minimum atomic E-state index is -0.735. The minimum absolute atomic E-state index is 0.00967. The van der Waals surface area contributed by atoms with Crippen molar-refractivity contribution in [3.8, 4) is 27.3 Å². The lowest BCUT2D eigenvalue weighted by Gasteiger charge is -2.31. The minimum Gasteiger partial charge on any atom is -0.493 e. The van der Waals surface area contributed by atoms with Gasteiger partial charge in [-0.15, -0.1) is 11.3 Å². The van der Waals surface area contributed by atoms with Crippen molar-refractivity contribution in [3.05, 3.63) is 89.8 Å². The maximum atomic E-state index is 14.3. The van der Waals surface area contributed by atoms with E-state index in [1.54, 1.807) is 23.7 Å². The Labute approximate surface area is 239 Å². The Balaban J connectivity index is 0.000000283. The van der Waals surface area contributed by atoms with Gasteiger partial charge in [0.15, 0.2) is 11.6 Å². The molecule has 210 valence electrons. The Morgan fingerprint density at radius 2 is 1.85 bits per heavy atom. The third-order valence-electron chi connectivity index (χ3n) is 7.27. The summed E-state index contributed by atoms with van der Waals surface area (Å²) in [6, 6.07) is 14.6. The normalized spacial score (nSPS) is 14.6. The molecule has 2 N–H and O–H groups in total. The number of H-pyrrole nitrogens is 2. The van der Waals surface area contributed by atoms with Gasteiger partial charge in [-0.3, -0.25) is 4.90 Å². The summed E-state index contributed by atoms with van der Waals surface area (Å²) < 4.78 is 38.9. The Kier molecular flexibility index (Phi) is 7.78. The van der Waals surface area contributed by atoms with Gasteiger partial charge in [0.2, 0.25) is 0 Å². The van der Waals surface area contributed by atoms with Crippen LogP contribution in [0.1, 0.15) is 17.8 Å².